The van der Waals surface area contributed by atoms with Crippen LogP contribution < -0.4 is 10.0 Å². The summed E-state index contributed by atoms with van der Waals surface area (Å²) >= 11 is 5.71. The van der Waals surface area contributed by atoms with Crippen LogP contribution in [0.25, 0.3) is 0 Å². The van der Waals surface area contributed by atoms with Gasteiger partial charge in [0, 0.05) is 10.7 Å². The van der Waals surface area contributed by atoms with Crippen LogP contribution in [-0.2, 0) is 14.8 Å². The summed E-state index contributed by atoms with van der Waals surface area (Å²) in [6, 6.07) is 9.11. The van der Waals surface area contributed by atoms with Crippen LogP contribution in [0.5, 0.6) is 0 Å². The van der Waals surface area contributed by atoms with E-state index in [2.05, 4.69) is 4.72 Å². The van der Waals surface area contributed by atoms with Gasteiger partial charge in [0.25, 0.3) is 10.0 Å². The van der Waals surface area contributed by atoms with Crippen LogP contribution in [0.3, 0.4) is 0 Å². The van der Waals surface area contributed by atoms with E-state index >= 15 is 0 Å². The molecule has 5 nitrogen and oxygen atoms in total. The SMILES string of the molecule is Cc1cc(NC(=O)C(F)(F)F)ccc1NS(=O)(=O)c1ccc(Cl)cc1. The van der Waals surface area contributed by atoms with E-state index in [0.717, 1.165) is 6.07 Å². The minimum Gasteiger partial charge on any atom is -0.318 e. The summed E-state index contributed by atoms with van der Waals surface area (Å²) in [5.74, 6) is -2.11. The number of carbonyl (C=O) groups excluding carboxylic acids is 1. The van der Waals surface area contributed by atoms with Crippen molar-refractivity contribution in [2.24, 2.45) is 0 Å². The molecule has 0 fully saturated rings. The maximum absolute atomic E-state index is 12.3. The van der Waals surface area contributed by atoms with Gasteiger partial charge in [-0.25, -0.2) is 8.42 Å². The number of benzene rings is 2. The number of hydrogen-bond acceptors (Lipinski definition) is 3. The number of anilines is 2. The Bertz CT molecular complexity index is 897. The van der Waals surface area contributed by atoms with Gasteiger partial charge in [-0.05, 0) is 55.0 Å². The van der Waals surface area contributed by atoms with E-state index in [9.17, 15) is 26.4 Å². The first-order valence-corrected chi connectivity index (χ1v) is 8.62. The molecule has 0 aliphatic heterocycles. The Hall–Kier alpha value is -2.26. The molecule has 2 aromatic carbocycles. The normalized spacial score (nSPS) is 11.9. The molecule has 0 heterocycles. The minimum atomic E-state index is -5.01. The van der Waals surface area contributed by atoms with Crippen LogP contribution in [0.4, 0.5) is 24.5 Å². The van der Waals surface area contributed by atoms with Gasteiger partial charge in [0.1, 0.15) is 0 Å². The highest BCUT2D eigenvalue weighted by molar-refractivity contribution is 7.92. The van der Waals surface area contributed by atoms with E-state index in [4.69, 9.17) is 11.6 Å². The molecule has 0 unspecified atom stereocenters. The lowest BCUT2D eigenvalue weighted by atomic mass is 10.2. The maximum Gasteiger partial charge on any atom is 0.471 e. The number of amides is 1. The predicted molar refractivity (Wildman–Crippen MR) is 88.1 cm³/mol. The van der Waals surface area contributed by atoms with Crippen molar-refractivity contribution in [1.82, 2.24) is 0 Å². The predicted octanol–water partition coefficient (Wildman–Crippen LogP) is 3.95. The first kappa shape index (κ1) is 19.1. The Morgan fingerprint density at radius 3 is 2.20 bits per heavy atom. The van der Waals surface area contributed by atoms with Gasteiger partial charge < -0.3 is 5.32 Å². The zero-order valence-electron chi connectivity index (χ0n) is 12.7. The summed E-state index contributed by atoms with van der Waals surface area (Å²) in [6.07, 6.45) is -5.01. The number of halogens is 4. The average molecular weight is 393 g/mol. The molecule has 10 heteroatoms. The topological polar surface area (TPSA) is 75.3 Å². The standard InChI is InChI=1S/C15H12ClF3N2O3S/c1-9-8-11(20-14(22)15(17,18)19)4-7-13(9)21-25(23,24)12-5-2-10(16)3-6-12/h2-8,21H,1H3,(H,20,22). The monoisotopic (exact) mass is 392 g/mol. The minimum absolute atomic E-state index is 0.0225. The summed E-state index contributed by atoms with van der Waals surface area (Å²) in [5.41, 5.74) is 0.395. The number of carbonyl (C=O) groups is 1. The Kier molecular flexibility index (Phi) is 5.28. The molecule has 2 N–H and O–H groups in total. The van der Waals surface area contributed by atoms with Crippen molar-refractivity contribution < 1.29 is 26.4 Å². The van der Waals surface area contributed by atoms with E-state index in [-0.39, 0.29) is 16.3 Å². The number of hydrogen-bond donors (Lipinski definition) is 2. The van der Waals surface area contributed by atoms with Crippen molar-refractivity contribution in [3.63, 3.8) is 0 Å². The van der Waals surface area contributed by atoms with Gasteiger partial charge in [-0.2, -0.15) is 13.2 Å². The molecule has 134 valence electrons. The van der Waals surface area contributed by atoms with Gasteiger partial charge in [0.2, 0.25) is 0 Å². The molecule has 0 aromatic heterocycles. The van der Waals surface area contributed by atoms with Crippen molar-refractivity contribution in [2.75, 3.05) is 10.0 Å². The van der Waals surface area contributed by atoms with Crippen molar-refractivity contribution in [2.45, 2.75) is 18.0 Å². The molecule has 0 bridgehead atoms. The van der Waals surface area contributed by atoms with Gasteiger partial charge in [0.05, 0.1) is 10.6 Å². The second-order valence-corrected chi connectivity index (χ2v) is 7.16. The van der Waals surface area contributed by atoms with Crippen LogP contribution >= 0.6 is 11.6 Å². The molecule has 0 saturated carbocycles. The van der Waals surface area contributed by atoms with Gasteiger partial charge >= 0.3 is 12.1 Å². The summed E-state index contributed by atoms with van der Waals surface area (Å²) in [5, 5.41) is 2.07. The fourth-order valence-corrected chi connectivity index (χ4v) is 3.13. The molecule has 2 rings (SSSR count). The molecular weight excluding hydrogens is 381 g/mol. The lowest BCUT2D eigenvalue weighted by Gasteiger charge is -2.13. The number of rotatable bonds is 4. The van der Waals surface area contributed by atoms with Crippen molar-refractivity contribution in [3.8, 4) is 0 Å². The van der Waals surface area contributed by atoms with Crippen LogP contribution in [0.1, 0.15) is 5.56 Å². The largest absolute Gasteiger partial charge is 0.471 e. The van der Waals surface area contributed by atoms with Gasteiger partial charge in [-0.15, -0.1) is 0 Å². The van der Waals surface area contributed by atoms with Crippen LogP contribution in [0.2, 0.25) is 5.02 Å². The first-order valence-electron chi connectivity index (χ1n) is 6.76. The summed E-state index contributed by atoms with van der Waals surface area (Å²) in [4.78, 5) is 10.9. The number of alkyl halides is 3. The van der Waals surface area contributed by atoms with Gasteiger partial charge in [-0.3, -0.25) is 9.52 Å². The Balaban J connectivity index is 2.21. The van der Waals surface area contributed by atoms with E-state index in [1.54, 1.807) is 5.32 Å². The highest BCUT2D eigenvalue weighted by Crippen LogP contribution is 2.25. The molecule has 0 atom stereocenters. The third kappa shape index (κ3) is 4.86. The third-order valence-corrected chi connectivity index (χ3v) is 4.74. The number of aryl methyl sites for hydroxylation is 1. The quantitative estimate of drug-likeness (QED) is 0.827. The summed E-state index contributed by atoms with van der Waals surface area (Å²) in [7, 11) is -3.89. The second-order valence-electron chi connectivity index (χ2n) is 5.04. The smallest absolute Gasteiger partial charge is 0.318 e. The molecule has 0 aliphatic rings. The number of sulfonamides is 1. The highest BCUT2D eigenvalue weighted by atomic mass is 35.5. The molecule has 0 saturated heterocycles. The van der Waals surface area contributed by atoms with Gasteiger partial charge in [0.15, 0.2) is 0 Å². The summed E-state index contributed by atoms with van der Waals surface area (Å²) in [6.45, 7) is 1.49. The molecule has 0 spiro atoms. The lowest BCUT2D eigenvalue weighted by Crippen LogP contribution is -2.29. The Morgan fingerprint density at radius 1 is 1.08 bits per heavy atom. The lowest BCUT2D eigenvalue weighted by molar-refractivity contribution is -0.167. The Labute approximate surface area is 146 Å². The zero-order valence-corrected chi connectivity index (χ0v) is 14.3. The molecule has 2 aromatic rings. The fraction of sp³-hybridized carbons (Fsp3) is 0.133. The molecule has 0 aliphatic carbocycles. The van der Waals surface area contributed by atoms with E-state index in [1.165, 1.54) is 43.3 Å². The fourth-order valence-electron chi connectivity index (χ4n) is 1.88. The van der Waals surface area contributed by atoms with Crippen molar-refractivity contribution >= 4 is 38.9 Å². The summed E-state index contributed by atoms with van der Waals surface area (Å²) < 4.78 is 63.6. The average Bonchev–Trinajstić information content (AvgIpc) is 2.49. The van der Waals surface area contributed by atoms with E-state index in [1.807, 2.05) is 0 Å². The highest BCUT2D eigenvalue weighted by Gasteiger charge is 2.38. The van der Waals surface area contributed by atoms with E-state index in [0.29, 0.717) is 10.6 Å². The van der Waals surface area contributed by atoms with Crippen molar-refractivity contribution in [1.29, 1.82) is 0 Å². The Morgan fingerprint density at radius 2 is 1.68 bits per heavy atom. The molecule has 25 heavy (non-hydrogen) atoms. The second kappa shape index (κ2) is 6.93. The zero-order chi connectivity index (χ0) is 18.8. The molecule has 0 radical (unpaired) electrons. The van der Waals surface area contributed by atoms with Crippen molar-refractivity contribution in [3.05, 3.63) is 53.1 Å². The van der Waals surface area contributed by atoms with Crippen LogP contribution in [0, 0.1) is 6.92 Å². The molecular formula is C15H12ClF3N2O3S. The maximum atomic E-state index is 12.3. The van der Waals surface area contributed by atoms with E-state index < -0.39 is 22.1 Å². The number of nitrogens with one attached hydrogen (secondary N) is 2. The molecule has 1 amide bonds. The third-order valence-electron chi connectivity index (χ3n) is 3.11. The van der Waals surface area contributed by atoms with Crippen LogP contribution in [0.15, 0.2) is 47.4 Å². The first-order chi connectivity index (χ1) is 11.5. The van der Waals surface area contributed by atoms with Gasteiger partial charge in [-0.1, -0.05) is 11.6 Å². The van der Waals surface area contributed by atoms with Crippen LogP contribution in [-0.4, -0.2) is 20.5 Å².